The van der Waals surface area contributed by atoms with Crippen LogP contribution in [0.2, 0.25) is 0 Å². The molecule has 1 heterocycles. The summed E-state index contributed by atoms with van der Waals surface area (Å²) in [5, 5.41) is 8.66. The van der Waals surface area contributed by atoms with E-state index < -0.39 is 0 Å². The predicted molar refractivity (Wildman–Crippen MR) is 57.7 cm³/mol. The summed E-state index contributed by atoms with van der Waals surface area (Å²) in [6.07, 6.45) is 1.000. The first-order valence-electron chi connectivity index (χ1n) is 5.04. The van der Waals surface area contributed by atoms with Gasteiger partial charge in [0.15, 0.2) is 0 Å². The summed E-state index contributed by atoms with van der Waals surface area (Å²) in [7, 11) is 0. The maximum absolute atomic E-state index is 8.66. The Bertz CT molecular complexity index is 414. The molecule has 0 aliphatic carbocycles. The minimum absolute atomic E-state index is 0.288. The van der Waals surface area contributed by atoms with Gasteiger partial charge in [0.2, 0.25) is 5.90 Å². The third-order valence-corrected chi connectivity index (χ3v) is 2.44. The van der Waals surface area contributed by atoms with E-state index in [0.29, 0.717) is 18.1 Å². The average molecular weight is 200 g/mol. The third kappa shape index (κ3) is 1.99. The van der Waals surface area contributed by atoms with Crippen molar-refractivity contribution in [3.63, 3.8) is 0 Å². The van der Waals surface area contributed by atoms with Gasteiger partial charge in [0, 0.05) is 5.56 Å². The first kappa shape index (κ1) is 9.72. The highest BCUT2D eigenvalue weighted by atomic mass is 16.5. The standard InChI is InChI=1S/C12H12N2O/c1-2-11-8-15-12(14-11)10-5-3-9(7-13)4-6-10/h3-6,11H,2,8H2,1H3/t11-/m0/s1. The van der Waals surface area contributed by atoms with E-state index >= 15 is 0 Å². The van der Waals surface area contributed by atoms with Crippen LogP contribution in [0.3, 0.4) is 0 Å². The Labute approximate surface area is 89.0 Å². The Morgan fingerprint density at radius 3 is 2.73 bits per heavy atom. The minimum Gasteiger partial charge on any atom is -0.475 e. The van der Waals surface area contributed by atoms with Gasteiger partial charge in [0.1, 0.15) is 6.61 Å². The largest absolute Gasteiger partial charge is 0.475 e. The number of nitrogens with zero attached hydrogens (tertiary/aromatic N) is 2. The maximum Gasteiger partial charge on any atom is 0.216 e. The molecule has 76 valence electrons. The Balaban J connectivity index is 2.21. The van der Waals surface area contributed by atoms with Crippen molar-refractivity contribution in [2.75, 3.05) is 6.61 Å². The molecule has 0 saturated carbocycles. The lowest BCUT2D eigenvalue weighted by atomic mass is 10.1. The second-order valence-electron chi connectivity index (χ2n) is 3.50. The summed E-state index contributed by atoms with van der Waals surface area (Å²) >= 11 is 0. The number of nitriles is 1. The minimum atomic E-state index is 0.288. The van der Waals surface area contributed by atoms with Gasteiger partial charge in [-0.25, -0.2) is 4.99 Å². The van der Waals surface area contributed by atoms with Crippen molar-refractivity contribution in [1.29, 1.82) is 5.26 Å². The molecule has 1 atom stereocenters. The monoisotopic (exact) mass is 200 g/mol. The van der Waals surface area contributed by atoms with Crippen LogP contribution in [0.5, 0.6) is 0 Å². The molecule has 1 aliphatic heterocycles. The van der Waals surface area contributed by atoms with Crippen molar-refractivity contribution < 1.29 is 4.74 Å². The molecule has 0 unspecified atom stereocenters. The summed E-state index contributed by atoms with van der Waals surface area (Å²) in [6.45, 7) is 2.77. The van der Waals surface area contributed by atoms with Gasteiger partial charge < -0.3 is 4.74 Å². The van der Waals surface area contributed by atoms with Crippen molar-refractivity contribution in [2.45, 2.75) is 19.4 Å². The molecule has 0 amide bonds. The summed E-state index contributed by atoms with van der Waals surface area (Å²) in [6, 6.07) is 9.67. The second-order valence-corrected chi connectivity index (χ2v) is 3.50. The Kier molecular flexibility index (Phi) is 2.68. The fraction of sp³-hybridized carbons (Fsp3) is 0.333. The molecular weight excluding hydrogens is 188 g/mol. The van der Waals surface area contributed by atoms with Gasteiger partial charge >= 0.3 is 0 Å². The van der Waals surface area contributed by atoms with Crippen molar-refractivity contribution in [2.24, 2.45) is 4.99 Å². The molecule has 2 rings (SSSR count). The van der Waals surface area contributed by atoms with Gasteiger partial charge in [-0.1, -0.05) is 6.92 Å². The van der Waals surface area contributed by atoms with E-state index in [1.165, 1.54) is 0 Å². The van der Waals surface area contributed by atoms with Gasteiger partial charge in [0.05, 0.1) is 17.7 Å². The number of hydrogen-bond acceptors (Lipinski definition) is 3. The van der Waals surface area contributed by atoms with E-state index in [9.17, 15) is 0 Å². The highest BCUT2D eigenvalue weighted by molar-refractivity contribution is 5.95. The van der Waals surface area contributed by atoms with Crippen LogP contribution in [0.1, 0.15) is 24.5 Å². The summed E-state index contributed by atoms with van der Waals surface area (Å²) < 4.78 is 5.48. The van der Waals surface area contributed by atoms with Crippen molar-refractivity contribution in [1.82, 2.24) is 0 Å². The van der Waals surface area contributed by atoms with Crippen molar-refractivity contribution in [3.8, 4) is 6.07 Å². The summed E-state index contributed by atoms with van der Waals surface area (Å²) in [5.41, 5.74) is 1.61. The van der Waals surface area contributed by atoms with Crippen LogP contribution in [0, 0.1) is 11.3 Å². The first-order chi connectivity index (χ1) is 7.33. The van der Waals surface area contributed by atoms with Crippen LogP contribution in [0.25, 0.3) is 0 Å². The van der Waals surface area contributed by atoms with Crippen LogP contribution < -0.4 is 0 Å². The van der Waals surface area contributed by atoms with Crippen LogP contribution in [0.15, 0.2) is 29.3 Å². The van der Waals surface area contributed by atoms with E-state index in [0.717, 1.165) is 12.0 Å². The van der Waals surface area contributed by atoms with E-state index in [1.54, 1.807) is 12.1 Å². The molecule has 15 heavy (non-hydrogen) atoms. The Morgan fingerprint density at radius 1 is 1.47 bits per heavy atom. The molecule has 0 aromatic heterocycles. The molecular formula is C12H12N2O. The topological polar surface area (TPSA) is 45.4 Å². The van der Waals surface area contributed by atoms with Gasteiger partial charge in [-0.2, -0.15) is 5.26 Å². The van der Waals surface area contributed by atoms with Crippen LogP contribution in [-0.4, -0.2) is 18.5 Å². The number of benzene rings is 1. The Hall–Kier alpha value is -1.82. The van der Waals surface area contributed by atoms with Gasteiger partial charge in [0.25, 0.3) is 0 Å². The van der Waals surface area contributed by atoms with Gasteiger partial charge in [-0.15, -0.1) is 0 Å². The van der Waals surface area contributed by atoms with Crippen LogP contribution >= 0.6 is 0 Å². The predicted octanol–water partition coefficient (Wildman–Crippen LogP) is 2.11. The molecule has 1 aromatic rings. The molecule has 3 heteroatoms. The molecule has 0 bridgehead atoms. The highest BCUT2D eigenvalue weighted by Gasteiger charge is 2.17. The second kappa shape index (κ2) is 4.14. The molecule has 1 aliphatic rings. The van der Waals surface area contributed by atoms with Gasteiger partial charge in [-0.3, -0.25) is 0 Å². The fourth-order valence-corrected chi connectivity index (χ4v) is 1.47. The maximum atomic E-state index is 8.66. The first-order valence-corrected chi connectivity index (χ1v) is 5.04. The zero-order valence-electron chi connectivity index (χ0n) is 8.60. The normalized spacial score (nSPS) is 19.2. The number of ether oxygens (including phenoxy) is 1. The average Bonchev–Trinajstić information content (AvgIpc) is 2.78. The van der Waals surface area contributed by atoms with E-state index in [2.05, 4.69) is 18.0 Å². The van der Waals surface area contributed by atoms with Crippen molar-refractivity contribution in [3.05, 3.63) is 35.4 Å². The SMILES string of the molecule is CC[C@H]1COC(c2ccc(C#N)cc2)=N1. The lowest BCUT2D eigenvalue weighted by Gasteiger charge is -2.00. The summed E-state index contributed by atoms with van der Waals surface area (Å²) in [5.74, 6) is 0.700. The number of rotatable bonds is 2. The van der Waals surface area contributed by atoms with Crippen LogP contribution in [0.4, 0.5) is 0 Å². The Morgan fingerprint density at radius 2 is 2.20 bits per heavy atom. The van der Waals surface area contributed by atoms with E-state index in [1.807, 2.05) is 12.1 Å². The van der Waals surface area contributed by atoms with Crippen molar-refractivity contribution >= 4 is 5.90 Å². The zero-order valence-corrected chi connectivity index (χ0v) is 8.60. The molecule has 0 radical (unpaired) electrons. The highest BCUT2D eigenvalue weighted by Crippen LogP contribution is 2.14. The molecule has 0 fully saturated rings. The lowest BCUT2D eigenvalue weighted by molar-refractivity contribution is 0.315. The number of hydrogen-bond donors (Lipinski definition) is 0. The quantitative estimate of drug-likeness (QED) is 0.734. The summed E-state index contributed by atoms with van der Waals surface area (Å²) in [4.78, 5) is 4.44. The zero-order chi connectivity index (χ0) is 10.7. The van der Waals surface area contributed by atoms with E-state index in [4.69, 9.17) is 10.00 Å². The molecule has 0 N–H and O–H groups in total. The van der Waals surface area contributed by atoms with Crippen LogP contribution in [-0.2, 0) is 4.74 Å². The molecule has 0 saturated heterocycles. The smallest absolute Gasteiger partial charge is 0.216 e. The molecule has 1 aromatic carbocycles. The number of aliphatic imine (C=N–C) groups is 1. The third-order valence-electron chi connectivity index (χ3n) is 2.44. The van der Waals surface area contributed by atoms with Gasteiger partial charge in [-0.05, 0) is 30.7 Å². The van der Waals surface area contributed by atoms with E-state index in [-0.39, 0.29) is 6.04 Å². The lowest BCUT2D eigenvalue weighted by Crippen LogP contribution is -2.03. The molecule has 3 nitrogen and oxygen atoms in total. The fourth-order valence-electron chi connectivity index (χ4n) is 1.47. The molecule has 0 spiro atoms.